The number of carbonyl (C=O) groups is 2. The Morgan fingerprint density at radius 1 is 1.26 bits per heavy atom. The van der Waals surface area contributed by atoms with E-state index in [1.165, 1.54) is 6.20 Å². The SMILES string of the molecule is O=C(NNc1ccc(CN2CCOC2=O)cc1)c1cccnc1. The highest BCUT2D eigenvalue weighted by atomic mass is 16.6. The van der Waals surface area contributed by atoms with Gasteiger partial charge in [0, 0.05) is 18.9 Å². The maximum absolute atomic E-state index is 11.9. The molecular weight excluding hydrogens is 296 g/mol. The lowest BCUT2D eigenvalue weighted by Crippen LogP contribution is -2.29. The molecular formula is C16H16N4O3. The Hall–Kier alpha value is -3.09. The number of ether oxygens (including phenoxy) is 1. The summed E-state index contributed by atoms with van der Waals surface area (Å²) >= 11 is 0. The van der Waals surface area contributed by atoms with Gasteiger partial charge >= 0.3 is 6.09 Å². The average molecular weight is 312 g/mol. The maximum Gasteiger partial charge on any atom is 0.410 e. The molecule has 3 rings (SSSR count). The Kier molecular flexibility index (Phi) is 4.37. The third-order valence-electron chi connectivity index (χ3n) is 3.42. The lowest BCUT2D eigenvalue weighted by Gasteiger charge is -2.13. The number of aromatic nitrogens is 1. The molecule has 0 unspecified atom stereocenters. The van der Waals surface area contributed by atoms with Crippen LogP contribution >= 0.6 is 0 Å². The van der Waals surface area contributed by atoms with Crippen LogP contribution in [0, 0.1) is 0 Å². The van der Waals surface area contributed by atoms with Crippen molar-refractivity contribution in [1.29, 1.82) is 0 Å². The summed E-state index contributed by atoms with van der Waals surface area (Å²) in [5.74, 6) is -0.262. The van der Waals surface area contributed by atoms with Gasteiger partial charge in [-0.1, -0.05) is 12.1 Å². The Morgan fingerprint density at radius 2 is 2.09 bits per heavy atom. The molecule has 1 aliphatic heterocycles. The Bertz CT molecular complexity index is 688. The first-order valence-corrected chi connectivity index (χ1v) is 7.19. The van der Waals surface area contributed by atoms with Gasteiger partial charge in [-0.3, -0.25) is 20.6 Å². The second-order valence-electron chi connectivity index (χ2n) is 5.05. The number of carbonyl (C=O) groups excluding carboxylic acids is 2. The van der Waals surface area contributed by atoms with E-state index in [0.717, 1.165) is 11.3 Å². The van der Waals surface area contributed by atoms with E-state index in [1.807, 2.05) is 24.3 Å². The first kappa shape index (κ1) is 14.8. The number of amides is 2. The lowest BCUT2D eigenvalue weighted by atomic mass is 10.2. The molecule has 118 valence electrons. The van der Waals surface area contributed by atoms with Gasteiger partial charge in [-0.15, -0.1) is 0 Å². The van der Waals surface area contributed by atoms with Gasteiger partial charge in [0.25, 0.3) is 5.91 Å². The van der Waals surface area contributed by atoms with Gasteiger partial charge in [0.2, 0.25) is 0 Å². The molecule has 2 amide bonds. The van der Waals surface area contributed by atoms with Gasteiger partial charge < -0.3 is 9.64 Å². The minimum atomic E-state index is -0.282. The zero-order valence-corrected chi connectivity index (χ0v) is 12.4. The number of nitrogens with zero attached hydrogens (tertiary/aromatic N) is 2. The smallest absolute Gasteiger partial charge is 0.410 e. The second kappa shape index (κ2) is 6.78. The van der Waals surface area contributed by atoms with Crippen LogP contribution in [0.3, 0.4) is 0 Å². The van der Waals surface area contributed by atoms with Crippen molar-refractivity contribution >= 4 is 17.7 Å². The zero-order chi connectivity index (χ0) is 16.1. The van der Waals surface area contributed by atoms with E-state index in [-0.39, 0.29) is 12.0 Å². The van der Waals surface area contributed by atoms with Crippen molar-refractivity contribution in [3.63, 3.8) is 0 Å². The summed E-state index contributed by atoms with van der Waals surface area (Å²) in [4.78, 5) is 28.8. The lowest BCUT2D eigenvalue weighted by molar-refractivity contribution is 0.0962. The molecule has 1 fully saturated rings. The first-order chi connectivity index (χ1) is 11.2. The number of nitrogens with one attached hydrogen (secondary N) is 2. The van der Waals surface area contributed by atoms with Crippen molar-refractivity contribution in [2.24, 2.45) is 0 Å². The average Bonchev–Trinajstić information content (AvgIpc) is 2.99. The van der Waals surface area contributed by atoms with Crippen molar-refractivity contribution < 1.29 is 14.3 Å². The Morgan fingerprint density at radius 3 is 2.74 bits per heavy atom. The van der Waals surface area contributed by atoms with Crippen LogP contribution in [0.2, 0.25) is 0 Å². The van der Waals surface area contributed by atoms with Crippen LogP contribution in [0.5, 0.6) is 0 Å². The third-order valence-corrected chi connectivity index (χ3v) is 3.42. The fraction of sp³-hybridized carbons (Fsp3) is 0.188. The molecule has 0 radical (unpaired) electrons. The molecule has 1 aromatic carbocycles. The second-order valence-corrected chi connectivity index (χ2v) is 5.05. The van der Waals surface area contributed by atoms with Crippen molar-refractivity contribution in [2.45, 2.75) is 6.54 Å². The van der Waals surface area contributed by atoms with Crippen LogP contribution in [-0.2, 0) is 11.3 Å². The molecule has 7 nitrogen and oxygen atoms in total. The number of pyridine rings is 1. The monoisotopic (exact) mass is 312 g/mol. The minimum Gasteiger partial charge on any atom is -0.448 e. The Balaban J connectivity index is 1.53. The molecule has 23 heavy (non-hydrogen) atoms. The fourth-order valence-electron chi connectivity index (χ4n) is 2.18. The van der Waals surface area contributed by atoms with Crippen molar-refractivity contribution in [3.8, 4) is 0 Å². The van der Waals surface area contributed by atoms with E-state index in [2.05, 4.69) is 15.8 Å². The van der Waals surface area contributed by atoms with Gasteiger partial charge in [-0.2, -0.15) is 0 Å². The predicted octanol–water partition coefficient (Wildman–Crippen LogP) is 1.79. The largest absolute Gasteiger partial charge is 0.448 e. The molecule has 0 saturated carbocycles. The predicted molar refractivity (Wildman–Crippen MR) is 83.5 cm³/mol. The van der Waals surface area contributed by atoms with Crippen LogP contribution in [0.15, 0.2) is 48.8 Å². The molecule has 0 aliphatic carbocycles. The van der Waals surface area contributed by atoms with Crippen molar-refractivity contribution in [3.05, 3.63) is 59.9 Å². The van der Waals surface area contributed by atoms with Gasteiger partial charge in [0.05, 0.1) is 17.8 Å². The highest BCUT2D eigenvalue weighted by Crippen LogP contribution is 2.13. The van der Waals surface area contributed by atoms with Crippen LogP contribution in [0.25, 0.3) is 0 Å². The summed E-state index contributed by atoms with van der Waals surface area (Å²) in [5.41, 5.74) is 7.66. The van der Waals surface area contributed by atoms with E-state index in [4.69, 9.17) is 4.74 Å². The summed E-state index contributed by atoms with van der Waals surface area (Å²) in [7, 11) is 0. The van der Waals surface area contributed by atoms with E-state index in [0.29, 0.717) is 25.3 Å². The summed E-state index contributed by atoms with van der Waals surface area (Å²) in [6.45, 7) is 1.57. The molecule has 1 aliphatic rings. The van der Waals surface area contributed by atoms with E-state index in [9.17, 15) is 9.59 Å². The van der Waals surface area contributed by atoms with Crippen molar-refractivity contribution in [2.75, 3.05) is 18.6 Å². The highest BCUT2D eigenvalue weighted by Gasteiger charge is 2.21. The zero-order valence-electron chi connectivity index (χ0n) is 12.4. The van der Waals surface area contributed by atoms with E-state index < -0.39 is 0 Å². The van der Waals surface area contributed by atoms with E-state index >= 15 is 0 Å². The molecule has 0 atom stereocenters. The summed E-state index contributed by atoms with van der Waals surface area (Å²) in [5, 5.41) is 0. The molecule has 0 spiro atoms. The van der Waals surface area contributed by atoms with Crippen LogP contribution in [0.4, 0.5) is 10.5 Å². The molecule has 2 heterocycles. The quantitative estimate of drug-likeness (QED) is 0.822. The molecule has 2 N–H and O–H groups in total. The maximum atomic E-state index is 11.9. The minimum absolute atomic E-state index is 0.262. The number of cyclic esters (lactones) is 1. The number of hydrogen-bond acceptors (Lipinski definition) is 5. The first-order valence-electron chi connectivity index (χ1n) is 7.19. The molecule has 1 aromatic heterocycles. The van der Waals surface area contributed by atoms with Crippen LogP contribution in [-0.4, -0.2) is 35.0 Å². The van der Waals surface area contributed by atoms with Crippen LogP contribution < -0.4 is 10.9 Å². The molecule has 7 heteroatoms. The van der Waals surface area contributed by atoms with Crippen molar-refractivity contribution in [1.82, 2.24) is 15.3 Å². The van der Waals surface area contributed by atoms with Crippen LogP contribution in [0.1, 0.15) is 15.9 Å². The van der Waals surface area contributed by atoms with Gasteiger partial charge in [-0.05, 0) is 29.8 Å². The number of hydrazine groups is 1. The Labute approximate surface area is 133 Å². The summed E-state index contributed by atoms with van der Waals surface area (Å²) < 4.78 is 4.89. The summed E-state index contributed by atoms with van der Waals surface area (Å²) in [6, 6.07) is 10.8. The molecule has 1 saturated heterocycles. The molecule has 0 bridgehead atoms. The highest BCUT2D eigenvalue weighted by molar-refractivity contribution is 5.94. The normalized spacial score (nSPS) is 13.6. The third kappa shape index (κ3) is 3.76. The standard InChI is InChI=1S/C16H16N4O3/c21-15(13-2-1-7-17-10-13)19-18-14-5-3-12(4-6-14)11-20-8-9-23-16(20)22/h1-7,10,18H,8-9,11H2,(H,19,21). The van der Waals surface area contributed by atoms with E-state index in [1.54, 1.807) is 23.2 Å². The number of anilines is 1. The fourth-order valence-corrected chi connectivity index (χ4v) is 2.18. The topological polar surface area (TPSA) is 83.6 Å². The van der Waals surface area contributed by atoms with Gasteiger partial charge in [0.1, 0.15) is 6.61 Å². The summed E-state index contributed by atoms with van der Waals surface area (Å²) in [6.07, 6.45) is 2.82. The number of rotatable bonds is 5. The van der Waals surface area contributed by atoms with Gasteiger partial charge in [0.15, 0.2) is 0 Å². The van der Waals surface area contributed by atoms with Gasteiger partial charge in [-0.25, -0.2) is 4.79 Å². The molecule has 2 aromatic rings. The number of hydrogen-bond donors (Lipinski definition) is 2. The number of benzene rings is 1.